The molecule has 0 aliphatic rings. The van der Waals surface area contributed by atoms with Gasteiger partial charge < -0.3 is 10.6 Å². The van der Waals surface area contributed by atoms with Crippen molar-refractivity contribution in [1.82, 2.24) is 20.1 Å². The first-order valence-corrected chi connectivity index (χ1v) is 10.1. The Morgan fingerprint density at radius 3 is 2.61 bits per heavy atom. The lowest BCUT2D eigenvalue weighted by molar-refractivity contribution is -0.118. The number of aromatic amines is 1. The van der Waals surface area contributed by atoms with Gasteiger partial charge in [-0.15, -0.1) is 11.3 Å². The largest absolute Gasteiger partial charge is 0.350 e. The quantitative estimate of drug-likeness (QED) is 0.531. The van der Waals surface area contributed by atoms with E-state index in [-0.39, 0.29) is 17.9 Å². The van der Waals surface area contributed by atoms with Crippen molar-refractivity contribution in [1.29, 1.82) is 0 Å². The van der Waals surface area contributed by atoms with Crippen molar-refractivity contribution in [3.8, 4) is 10.7 Å². The summed E-state index contributed by atoms with van der Waals surface area (Å²) in [5.74, 6) is 0.0753. The second-order valence-electron chi connectivity index (χ2n) is 6.54. The molecule has 0 radical (unpaired) electrons. The summed E-state index contributed by atoms with van der Waals surface area (Å²) in [5.41, 5.74) is 0.858. The number of rotatable bonds is 6. The lowest BCUT2D eigenvalue weighted by Crippen LogP contribution is -2.31. The van der Waals surface area contributed by atoms with Gasteiger partial charge in [0.05, 0.1) is 16.1 Å². The van der Waals surface area contributed by atoms with Crippen molar-refractivity contribution in [2.75, 3.05) is 5.32 Å². The van der Waals surface area contributed by atoms with E-state index >= 15 is 0 Å². The second kappa shape index (κ2) is 8.49. The standard InChI is InChI=1S/C19H21N5O2S2/c1-11(2)20-18(26)13-7-4-5-8-14(13)21-17(25)12(3)24-16(22-23-19(24)27)15-9-6-10-28-15/h4-12H,1-3H3,(H,20,26)(H,21,25)(H,23,27). The predicted molar refractivity (Wildman–Crippen MR) is 113 cm³/mol. The molecule has 0 fully saturated rings. The molecule has 0 saturated carbocycles. The van der Waals surface area contributed by atoms with Crippen LogP contribution in [0.15, 0.2) is 41.8 Å². The Hall–Kier alpha value is -2.78. The summed E-state index contributed by atoms with van der Waals surface area (Å²) in [4.78, 5) is 26.3. The highest BCUT2D eigenvalue weighted by Crippen LogP contribution is 2.26. The lowest BCUT2D eigenvalue weighted by Gasteiger charge is -2.17. The first kappa shape index (κ1) is 20.0. The molecule has 28 heavy (non-hydrogen) atoms. The smallest absolute Gasteiger partial charge is 0.253 e. The Balaban J connectivity index is 1.87. The number of benzene rings is 1. The van der Waals surface area contributed by atoms with Gasteiger partial charge in [0.2, 0.25) is 5.91 Å². The van der Waals surface area contributed by atoms with Gasteiger partial charge in [0.1, 0.15) is 6.04 Å². The average molecular weight is 416 g/mol. The van der Waals surface area contributed by atoms with Gasteiger partial charge in [-0.2, -0.15) is 5.10 Å². The van der Waals surface area contributed by atoms with E-state index in [2.05, 4.69) is 20.8 Å². The van der Waals surface area contributed by atoms with E-state index in [1.807, 2.05) is 31.4 Å². The number of carbonyl (C=O) groups excluding carboxylic acids is 2. The molecular weight excluding hydrogens is 394 g/mol. The third kappa shape index (κ3) is 4.20. The van der Waals surface area contributed by atoms with Gasteiger partial charge in [-0.3, -0.25) is 19.3 Å². The molecule has 2 aromatic heterocycles. The van der Waals surface area contributed by atoms with Crippen molar-refractivity contribution in [2.45, 2.75) is 32.9 Å². The molecule has 1 unspecified atom stereocenters. The maximum absolute atomic E-state index is 12.9. The van der Waals surface area contributed by atoms with Crippen LogP contribution >= 0.6 is 23.6 Å². The third-order valence-electron chi connectivity index (χ3n) is 4.06. The summed E-state index contributed by atoms with van der Waals surface area (Å²) in [6.07, 6.45) is 0. The fourth-order valence-electron chi connectivity index (χ4n) is 2.73. The molecule has 146 valence electrons. The fourth-order valence-corrected chi connectivity index (χ4v) is 3.73. The van der Waals surface area contributed by atoms with Crippen LogP contribution < -0.4 is 10.6 Å². The van der Waals surface area contributed by atoms with Crippen LogP contribution in [0, 0.1) is 4.77 Å². The van der Waals surface area contributed by atoms with E-state index in [0.29, 0.717) is 21.8 Å². The Morgan fingerprint density at radius 2 is 1.93 bits per heavy atom. The van der Waals surface area contributed by atoms with Crippen LogP contribution in [0.25, 0.3) is 10.7 Å². The van der Waals surface area contributed by atoms with E-state index in [0.717, 1.165) is 4.88 Å². The highest BCUT2D eigenvalue weighted by Gasteiger charge is 2.23. The van der Waals surface area contributed by atoms with Crippen LogP contribution in [-0.4, -0.2) is 32.6 Å². The minimum atomic E-state index is -0.621. The number of thiophene rings is 1. The minimum absolute atomic E-state index is 0.00667. The molecule has 9 heteroatoms. The van der Waals surface area contributed by atoms with Gasteiger partial charge in [0.15, 0.2) is 10.6 Å². The molecule has 2 heterocycles. The number of anilines is 1. The topological polar surface area (TPSA) is 91.8 Å². The second-order valence-corrected chi connectivity index (χ2v) is 7.87. The van der Waals surface area contributed by atoms with E-state index in [9.17, 15) is 9.59 Å². The van der Waals surface area contributed by atoms with E-state index in [1.54, 1.807) is 35.8 Å². The van der Waals surface area contributed by atoms with Gasteiger partial charge in [-0.25, -0.2) is 0 Å². The maximum atomic E-state index is 12.9. The van der Waals surface area contributed by atoms with Crippen molar-refractivity contribution >= 4 is 41.1 Å². The lowest BCUT2D eigenvalue weighted by atomic mass is 10.1. The molecule has 1 atom stereocenters. The predicted octanol–water partition coefficient (Wildman–Crippen LogP) is 4.01. The van der Waals surface area contributed by atoms with Gasteiger partial charge in [0.25, 0.3) is 5.91 Å². The summed E-state index contributed by atoms with van der Waals surface area (Å²) in [6.45, 7) is 5.51. The van der Waals surface area contributed by atoms with Gasteiger partial charge in [-0.05, 0) is 56.6 Å². The summed E-state index contributed by atoms with van der Waals surface area (Å²) in [5, 5.41) is 14.6. The molecule has 0 bridgehead atoms. The Bertz CT molecular complexity index is 1040. The number of nitrogens with one attached hydrogen (secondary N) is 3. The van der Waals surface area contributed by atoms with E-state index < -0.39 is 6.04 Å². The third-order valence-corrected chi connectivity index (χ3v) is 5.22. The van der Waals surface area contributed by atoms with Crippen LogP contribution in [0.5, 0.6) is 0 Å². The number of hydrogen-bond donors (Lipinski definition) is 3. The first-order valence-electron chi connectivity index (χ1n) is 8.80. The normalized spacial score (nSPS) is 12.0. The molecule has 0 aliphatic heterocycles. The number of para-hydroxylation sites is 1. The van der Waals surface area contributed by atoms with E-state index in [4.69, 9.17) is 12.2 Å². The number of hydrogen-bond acceptors (Lipinski definition) is 5. The average Bonchev–Trinajstić information content (AvgIpc) is 3.30. The monoisotopic (exact) mass is 415 g/mol. The van der Waals surface area contributed by atoms with Crippen LogP contribution in [0.3, 0.4) is 0 Å². The molecule has 3 rings (SSSR count). The molecule has 3 N–H and O–H groups in total. The highest BCUT2D eigenvalue weighted by atomic mass is 32.1. The molecule has 2 amide bonds. The van der Waals surface area contributed by atoms with Crippen LogP contribution in [0.4, 0.5) is 5.69 Å². The molecule has 0 saturated heterocycles. The zero-order valence-electron chi connectivity index (χ0n) is 15.7. The molecule has 0 aliphatic carbocycles. The molecule has 1 aromatic carbocycles. The van der Waals surface area contributed by atoms with Crippen molar-refractivity contribution in [3.05, 3.63) is 52.1 Å². The molecule has 7 nitrogen and oxygen atoms in total. The molecule has 3 aromatic rings. The number of aromatic nitrogens is 3. The van der Waals surface area contributed by atoms with Crippen molar-refractivity contribution in [3.63, 3.8) is 0 Å². The zero-order valence-corrected chi connectivity index (χ0v) is 17.4. The van der Waals surface area contributed by atoms with Crippen LogP contribution in [-0.2, 0) is 4.79 Å². The molecular formula is C19H21N5O2S2. The maximum Gasteiger partial charge on any atom is 0.253 e. The Morgan fingerprint density at radius 1 is 1.18 bits per heavy atom. The highest BCUT2D eigenvalue weighted by molar-refractivity contribution is 7.71. The number of nitrogens with zero attached hydrogens (tertiary/aromatic N) is 2. The van der Waals surface area contributed by atoms with Crippen molar-refractivity contribution in [2.24, 2.45) is 0 Å². The summed E-state index contributed by atoms with van der Waals surface area (Å²) in [6, 6.07) is 10.1. The SMILES string of the molecule is CC(C)NC(=O)c1ccccc1NC(=O)C(C)n1c(-c2cccs2)n[nH]c1=S. The summed E-state index contributed by atoms with van der Waals surface area (Å²) in [7, 11) is 0. The van der Waals surface area contributed by atoms with Gasteiger partial charge >= 0.3 is 0 Å². The number of amides is 2. The Kier molecular flexibility index (Phi) is 6.05. The van der Waals surface area contributed by atoms with E-state index in [1.165, 1.54) is 11.3 Å². The number of H-pyrrole nitrogens is 1. The van der Waals surface area contributed by atoms with Crippen molar-refractivity contribution < 1.29 is 9.59 Å². The van der Waals surface area contributed by atoms with Crippen LogP contribution in [0.2, 0.25) is 0 Å². The number of carbonyl (C=O) groups is 2. The Labute approximate surface area is 171 Å². The zero-order chi connectivity index (χ0) is 20.3. The molecule has 0 spiro atoms. The summed E-state index contributed by atoms with van der Waals surface area (Å²) < 4.78 is 2.03. The fraction of sp³-hybridized carbons (Fsp3) is 0.263. The first-order chi connectivity index (χ1) is 13.4. The van der Waals surface area contributed by atoms with Crippen LogP contribution in [0.1, 0.15) is 37.2 Å². The van der Waals surface area contributed by atoms with Gasteiger partial charge in [-0.1, -0.05) is 18.2 Å². The van der Waals surface area contributed by atoms with Gasteiger partial charge in [0, 0.05) is 6.04 Å². The summed E-state index contributed by atoms with van der Waals surface area (Å²) >= 11 is 6.84. The minimum Gasteiger partial charge on any atom is -0.350 e.